The Morgan fingerprint density at radius 3 is 2.52 bits per heavy atom. The molecule has 0 fully saturated rings. The molecule has 7 heteroatoms. The zero-order chi connectivity index (χ0) is 21.1. The highest BCUT2D eigenvalue weighted by Crippen LogP contribution is 2.23. The highest BCUT2D eigenvalue weighted by molar-refractivity contribution is 7.98. The Hall–Kier alpha value is -1.53. The lowest BCUT2D eigenvalue weighted by Crippen LogP contribution is -2.02. The van der Waals surface area contributed by atoms with Crippen molar-refractivity contribution < 1.29 is 4.74 Å². The van der Waals surface area contributed by atoms with Gasteiger partial charge in [0.1, 0.15) is 5.75 Å². The Bertz CT molecular complexity index is 776. The summed E-state index contributed by atoms with van der Waals surface area (Å²) in [5.74, 6) is 1.87. The van der Waals surface area contributed by atoms with Crippen LogP contribution in [0.3, 0.4) is 0 Å². The number of aromatic nitrogens is 3. The van der Waals surface area contributed by atoms with Crippen molar-refractivity contribution in [3.63, 3.8) is 0 Å². The molecule has 1 aromatic heterocycles. The summed E-state index contributed by atoms with van der Waals surface area (Å²) in [5, 5.41) is 14.4. The molecule has 0 saturated carbocycles. The van der Waals surface area contributed by atoms with E-state index in [2.05, 4.69) is 36.1 Å². The summed E-state index contributed by atoms with van der Waals surface area (Å²) in [5.41, 5.74) is 0.838. The van der Waals surface area contributed by atoms with Gasteiger partial charge >= 0.3 is 0 Å². The number of thioether (sulfide) groups is 1. The highest BCUT2D eigenvalue weighted by atomic mass is 35.5. The average molecular weight is 437 g/mol. The van der Waals surface area contributed by atoms with Crippen molar-refractivity contribution in [2.24, 2.45) is 5.10 Å². The topological polar surface area (TPSA) is 52.3 Å². The number of ether oxygens (including phenoxy) is 1. The fourth-order valence-electron chi connectivity index (χ4n) is 2.94. The SMILES string of the molecule is CCCCCCCCCOc1ccc(/C=N\n2c(SC)nnc2C(C)C)c(Cl)c1. The Balaban J connectivity index is 1.88. The lowest BCUT2D eigenvalue weighted by molar-refractivity contribution is 0.304. The van der Waals surface area contributed by atoms with E-state index >= 15 is 0 Å². The largest absolute Gasteiger partial charge is 0.494 e. The summed E-state index contributed by atoms with van der Waals surface area (Å²) in [7, 11) is 0. The summed E-state index contributed by atoms with van der Waals surface area (Å²) in [6, 6.07) is 5.73. The fraction of sp³-hybridized carbons (Fsp3) is 0.591. The highest BCUT2D eigenvalue weighted by Gasteiger charge is 2.13. The molecule has 0 N–H and O–H groups in total. The second-order valence-corrected chi connectivity index (χ2v) is 8.59. The maximum absolute atomic E-state index is 6.44. The van der Waals surface area contributed by atoms with Crippen molar-refractivity contribution in [2.45, 2.75) is 76.8 Å². The van der Waals surface area contributed by atoms with E-state index in [1.165, 1.54) is 50.3 Å². The van der Waals surface area contributed by atoms with Crippen LogP contribution in [0.2, 0.25) is 5.02 Å². The predicted molar refractivity (Wildman–Crippen MR) is 124 cm³/mol. The van der Waals surface area contributed by atoms with E-state index in [0.29, 0.717) is 5.02 Å². The maximum Gasteiger partial charge on any atom is 0.211 e. The van der Waals surface area contributed by atoms with Crippen molar-refractivity contribution in [2.75, 3.05) is 12.9 Å². The molecule has 0 aliphatic carbocycles. The average Bonchev–Trinajstić information content (AvgIpc) is 3.12. The van der Waals surface area contributed by atoms with Gasteiger partial charge in [-0.05, 0) is 30.9 Å². The van der Waals surface area contributed by atoms with Crippen molar-refractivity contribution in [3.8, 4) is 5.75 Å². The number of nitrogens with zero attached hydrogens (tertiary/aromatic N) is 4. The van der Waals surface area contributed by atoms with Gasteiger partial charge in [0.05, 0.1) is 17.8 Å². The molecule has 0 amide bonds. The molecule has 0 saturated heterocycles. The van der Waals surface area contributed by atoms with Gasteiger partial charge in [-0.1, -0.05) is 82.7 Å². The first-order valence-electron chi connectivity index (χ1n) is 10.5. The first kappa shape index (κ1) is 23.7. The van der Waals surface area contributed by atoms with Gasteiger partial charge in [0, 0.05) is 11.5 Å². The maximum atomic E-state index is 6.44. The van der Waals surface area contributed by atoms with Crippen LogP contribution in [0.1, 0.15) is 83.0 Å². The summed E-state index contributed by atoms with van der Waals surface area (Å²) in [6.07, 6.45) is 12.6. The third kappa shape index (κ3) is 7.67. The molecule has 2 rings (SSSR count). The van der Waals surface area contributed by atoms with Crippen molar-refractivity contribution in [1.29, 1.82) is 0 Å². The molecule has 0 aliphatic heterocycles. The van der Waals surface area contributed by atoms with E-state index in [9.17, 15) is 0 Å². The van der Waals surface area contributed by atoms with Crippen LogP contribution >= 0.6 is 23.4 Å². The molecular weight excluding hydrogens is 404 g/mol. The minimum absolute atomic E-state index is 0.235. The Labute approximate surface area is 184 Å². The predicted octanol–water partition coefficient (Wildman–Crippen LogP) is 6.79. The summed E-state index contributed by atoms with van der Waals surface area (Å²) in [6.45, 7) is 7.12. The summed E-state index contributed by atoms with van der Waals surface area (Å²) in [4.78, 5) is 0. The molecule has 2 aromatic rings. The Kier molecular flexibility index (Phi) is 10.6. The molecule has 0 radical (unpaired) electrons. The number of benzene rings is 1. The molecule has 29 heavy (non-hydrogen) atoms. The Morgan fingerprint density at radius 2 is 1.86 bits per heavy atom. The van der Waals surface area contributed by atoms with Crippen LogP contribution in [-0.2, 0) is 0 Å². The van der Waals surface area contributed by atoms with Gasteiger partial charge in [-0.3, -0.25) is 0 Å². The Morgan fingerprint density at radius 1 is 1.14 bits per heavy atom. The molecule has 0 unspecified atom stereocenters. The van der Waals surface area contributed by atoms with Crippen molar-refractivity contribution in [1.82, 2.24) is 14.9 Å². The van der Waals surface area contributed by atoms with E-state index in [-0.39, 0.29) is 5.92 Å². The lowest BCUT2D eigenvalue weighted by Gasteiger charge is -2.08. The van der Waals surface area contributed by atoms with Crippen molar-refractivity contribution in [3.05, 3.63) is 34.6 Å². The number of unbranched alkanes of at least 4 members (excludes halogenated alkanes) is 6. The molecule has 5 nitrogen and oxygen atoms in total. The number of rotatable bonds is 13. The van der Waals surface area contributed by atoms with E-state index < -0.39 is 0 Å². The molecular formula is C22H33ClN4OS. The number of halogens is 1. The van der Waals surface area contributed by atoms with Crippen molar-refractivity contribution >= 4 is 29.6 Å². The zero-order valence-electron chi connectivity index (χ0n) is 18.0. The monoisotopic (exact) mass is 436 g/mol. The molecule has 0 aliphatic rings. The number of hydrogen-bond donors (Lipinski definition) is 0. The molecule has 160 valence electrons. The molecule has 1 aromatic carbocycles. The van der Waals surface area contributed by atoms with E-state index in [1.807, 2.05) is 24.5 Å². The van der Waals surface area contributed by atoms with Crippen LogP contribution in [0.15, 0.2) is 28.5 Å². The van der Waals surface area contributed by atoms with Crippen LogP contribution < -0.4 is 4.74 Å². The van der Waals surface area contributed by atoms with E-state index in [0.717, 1.165) is 35.3 Å². The van der Waals surface area contributed by atoms with Crippen LogP contribution in [0.4, 0.5) is 0 Å². The minimum Gasteiger partial charge on any atom is -0.494 e. The van der Waals surface area contributed by atoms with E-state index in [4.69, 9.17) is 16.3 Å². The van der Waals surface area contributed by atoms with Gasteiger partial charge < -0.3 is 4.74 Å². The van der Waals surface area contributed by atoms with Crippen LogP contribution in [0.25, 0.3) is 0 Å². The second kappa shape index (κ2) is 12.9. The second-order valence-electron chi connectivity index (χ2n) is 7.41. The van der Waals surface area contributed by atoms with Gasteiger partial charge in [0.15, 0.2) is 5.82 Å². The van der Waals surface area contributed by atoms with Gasteiger partial charge in [-0.15, -0.1) is 10.2 Å². The quantitative estimate of drug-likeness (QED) is 0.197. The standard InChI is InChI=1S/C22H33ClN4OS/c1-5-6-7-8-9-10-11-14-28-19-13-12-18(20(23)15-19)16-24-27-21(17(2)3)25-26-22(27)29-4/h12-13,15-17H,5-11,14H2,1-4H3/b24-16-. The normalized spacial score (nSPS) is 11.7. The van der Waals surface area contributed by atoms with Crippen LogP contribution in [0.5, 0.6) is 5.75 Å². The zero-order valence-corrected chi connectivity index (χ0v) is 19.6. The third-order valence-corrected chi connectivity index (χ3v) is 5.58. The molecule has 0 atom stereocenters. The third-order valence-electron chi connectivity index (χ3n) is 4.64. The first-order valence-corrected chi connectivity index (χ1v) is 12.1. The molecule has 1 heterocycles. The van der Waals surface area contributed by atoms with Crippen LogP contribution in [0, 0.1) is 0 Å². The lowest BCUT2D eigenvalue weighted by atomic mass is 10.1. The van der Waals surface area contributed by atoms with Gasteiger partial charge in [-0.2, -0.15) is 9.78 Å². The van der Waals surface area contributed by atoms with E-state index in [1.54, 1.807) is 10.9 Å². The van der Waals surface area contributed by atoms with Gasteiger partial charge in [0.25, 0.3) is 0 Å². The molecule has 0 bridgehead atoms. The number of hydrogen-bond acceptors (Lipinski definition) is 5. The summed E-state index contributed by atoms with van der Waals surface area (Å²) >= 11 is 7.96. The van der Waals surface area contributed by atoms with Gasteiger partial charge in [0.2, 0.25) is 5.16 Å². The smallest absolute Gasteiger partial charge is 0.211 e. The minimum atomic E-state index is 0.235. The van der Waals surface area contributed by atoms with Crippen LogP contribution in [-0.4, -0.2) is 34.0 Å². The first-order chi connectivity index (χ1) is 14.1. The van der Waals surface area contributed by atoms with Gasteiger partial charge in [-0.25, -0.2) is 0 Å². The molecule has 0 spiro atoms. The summed E-state index contributed by atoms with van der Waals surface area (Å²) < 4.78 is 7.62. The fourth-order valence-corrected chi connectivity index (χ4v) is 3.60.